The fourth-order valence-electron chi connectivity index (χ4n) is 4.39. The van der Waals surface area contributed by atoms with Gasteiger partial charge < -0.3 is 14.6 Å². The maximum atomic E-state index is 13.8. The van der Waals surface area contributed by atoms with Crippen LogP contribution in [0, 0.1) is 5.92 Å². The highest BCUT2D eigenvalue weighted by Gasteiger charge is 2.42. The topological polar surface area (TPSA) is 155 Å². The van der Waals surface area contributed by atoms with E-state index in [0.29, 0.717) is 30.8 Å². The summed E-state index contributed by atoms with van der Waals surface area (Å²) in [6.07, 6.45) is 1.76. The van der Waals surface area contributed by atoms with Gasteiger partial charge in [0.2, 0.25) is 10.0 Å². The van der Waals surface area contributed by atoms with Crippen molar-refractivity contribution in [3.05, 3.63) is 54.4 Å². The molecule has 1 aromatic heterocycles. The van der Waals surface area contributed by atoms with Crippen LogP contribution in [0.25, 0.3) is 0 Å². The molecule has 2 aromatic rings. The number of methoxy groups -OCH3 is 1. The van der Waals surface area contributed by atoms with Crippen LogP contribution in [-0.2, 0) is 30.9 Å². The molecular weight excluding hydrogens is 571 g/mol. The minimum Gasteiger partial charge on any atom is -0.497 e. The molecule has 0 spiro atoms. The molecule has 0 radical (unpaired) electrons. The van der Waals surface area contributed by atoms with E-state index in [9.17, 15) is 31.6 Å². The second kappa shape index (κ2) is 15.7. The zero-order chi connectivity index (χ0) is 30.6. The Morgan fingerprint density at radius 2 is 1.66 bits per heavy atom. The first-order chi connectivity index (χ1) is 19.3. The Hall–Kier alpha value is -3.27. The smallest absolute Gasteiger partial charge is 0.490 e. The Bertz CT molecular complexity index is 1210. The Balaban J connectivity index is 0.000000745. The Morgan fingerprint density at radius 1 is 1.10 bits per heavy atom. The number of alkyl halides is 3. The summed E-state index contributed by atoms with van der Waals surface area (Å²) < 4.78 is 71.6. The van der Waals surface area contributed by atoms with Crippen molar-refractivity contribution in [2.45, 2.75) is 68.8 Å². The first-order valence-corrected chi connectivity index (χ1v) is 14.2. The standard InChI is InChI=1S/C24H33N3O6S.C2HF3O2/c1-3-16-33-21-6-4-19(5-7-21)23(24(28)26-29)27(17-18-12-14-25-15-13-18)34(30,31)22-10-8-20(32-2)9-11-22;3-2(4,5)1(6)7/h8-15,19,21,23,29H,3-7,16-17H2,1-2H3,(H,26,28);(H,6,7)/t19-,21-,23?;. The molecule has 1 saturated carbocycles. The van der Waals surface area contributed by atoms with Crippen molar-refractivity contribution in [2.75, 3.05) is 13.7 Å². The summed E-state index contributed by atoms with van der Waals surface area (Å²) in [7, 11) is -2.60. The molecule has 3 rings (SSSR count). The van der Waals surface area contributed by atoms with Gasteiger partial charge in [-0.15, -0.1) is 0 Å². The lowest BCUT2D eigenvalue weighted by molar-refractivity contribution is -0.192. The van der Waals surface area contributed by atoms with Crippen molar-refractivity contribution in [3.63, 3.8) is 0 Å². The van der Waals surface area contributed by atoms with Crippen molar-refractivity contribution in [3.8, 4) is 5.75 Å². The number of halogens is 3. The first-order valence-electron chi connectivity index (χ1n) is 12.8. The number of amides is 1. The van der Waals surface area contributed by atoms with Gasteiger partial charge in [0.25, 0.3) is 5.91 Å². The van der Waals surface area contributed by atoms with Crippen LogP contribution in [0.1, 0.15) is 44.6 Å². The number of benzene rings is 1. The molecule has 1 aliphatic rings. The molecule has 228 valence electrons. The number of aromatic nitrogens is 1. The van der Waals surface area contributed by atoms with E-state index >= 15 is 0 Å². The number of nitrogens with zero attached hydrogens (tertiary/aromatic N) is 2. The van der Waals surface area contributed by atoms with Gasteiger partial charge in [-0.05, 0) is 80.0 Å². The second-order valence-corrected chi connectivity index (χ2v) is 11.1. The van der Waals surface area contributed by atoms with E-state index in [4.69, 9.17) is 19.4 Å². The molecule has 1 atom stereocenters. The number of nitrogens with one attached hydrogen (secondary N) is 1. The molecule has 0 bridgehead atoms. The van der Waals surface area contributed by atoms with Crippen molar-refractivity contribution in [2.24, 2.45) is 5.92 Å². The summed E-state index contributed by atoms with van der Waals surface area (Å²) in [4.78, 5) is 25.9. The SMILES string of the molecule is CCCO[C@H]1CC[C@H](C(C(=O)NO)N(Cc2ccncc2)S(=O)(=O)c2ccc(OC)cc2)CC1.O=C(O)C(F)(F)F. The minimum atomic E-state index is -5.08. The Labute approximate surface area is 236 Å². The lowest BCUT2D eigenvalue weighted by Crippen LogP contribution is -2.53. The average Bonchev–Trinajstić information content (AvgIpc) is 2.96. The van der Waals surface area contributed by atoms with Gasteiger partial charge in [0, 0.05) is 25.5 Å². The largest absolute Gasteiger partial charge is 0.497 e. The normalized spacial score (nSPS) is 18.1. The Morgan fingerprint density at radius 3 is 2.12 bits per heavy atom. The van der Waals surface area contributed by atoms with Crippen LogP contribution in [0.15, 0.2) is 53.7 Å². The van der Waals surface area contributed by atoms with Crippen LogP contribution in [0.2, 0.25) is 0 Å². The van der Waals surface area contributed by atoms with E-state index in [2.05, 4.69) is 4.98 Å². The van der Waals surface area contributed by atoms with Gasteiger partial charge in [0.15, 0.2) is 0 Å². The van der Waals surface area contributed by atoms with E-state index in [1.807, 2.05) is 6.92 Å². The third kappa shape index (κ3) is 9.95. The zero-order valence-corrected chi connectivity index (χ0v) is 23.4. The van der Waals surface area contributed by atoms with Crippen molar-refractivity contribution in [1.82, 2.24) is 14.8 Å². The van der Waals surface area contributed by atoms with Crippen LogP contribution in [0.5, 0.6) is 5.75 Å². The lowest BCUT2D eigenvalue weighted by atomic mass is 9.82. The number of carbonyl (C=O) groups excluding carboxylic acids is 1. The molecule has 15 heteroatoms. The molecule has 1 amide bonds. The number of hydroxylamine groups is 1. The van der Waals surface area contributed by atoms with Gasteiger partial charge in [-0.25, -0.2) is 18.7 Å². The number of carbonyl (C=O) groups is 2. The molecular formula is C26H34F3N3O8S. The van der Waals surface area contributed by atoms with Crippen molar-refractivity contribution in [1.29, 1.82) is 0 Å². The molecule has 11 nitrogen and oxygen atoms in total. The van der Waals surface area contributed by atoms with Gasteiger partial charge in [-0.1, -0.05) is 6.92 Å². The monoisotopic (exact) mass is 605 g/mol. The van der Waals surface area contributed by atoms with E-state index in [0.717, 1.165) is 19.3 Å². The summed E-state index contributed by atoms with van der Waals surface area (Å²) in [6, 6.07) is 8.37. The molecule has 1 unspecified atom stereocenters. The van der Waals surface area contributed by atoms with Crippen LogP contribution in [-0.4, -0.2) is 71.9 Å². The predicted octanol–water partition coefficient (Wildman–Crippen LogP) is 3.77. The number of hydrogen-bond donors (Lipinski definition) is 3. The highest BCUT2D eigenvalue weighted by molar-refractivity contribution is 7.89. The van der Waals surface area contributed by atoms with Gasteiger partial charge >= 0.3 is 12.1 Å². The average molecular weight is 606 g/mol. The van der Waals surface area contributed by atoms with Crippen LogP contribution in [0.4, 0.5) is 13.2 Å². The van der Waals surface area contributed by atoms with Crippen LogP contribution in [0.3, 0.4) is 0 Å². The number of rotatable bonds is 11. The number of carboxylic acid groups (broad SMARTS) is 1. The third-order valence-electron chi connectivity index (χ3n) is 6.41. The fraction of sp³-hybridized carbons (Fsp3) is 0.500. The predicted molar refractivity (Wildman–Crippen MR) is 139 cm³/mol. The molecule has 1 aromatic carbocycles. The highest BCUT2D eigenvalue weighted by Crippen LogP contribution is 2.34. The Kier molecular flexibility index (Phi) is 13.0. The third-order valence-corrected chi connectivity index (χ3v) is 8.25. The first kappa shape index (κ1) is 33.9. The van der Waals surface area contributed by atoms with Crippen molar-refractivity contribution >= 4 is 21.9 Å². The molecule has 1 heterocycles. The summed E-state index contributed by atoms with van der Waals surface area (Å²) in [5.41, 5.74) is 2.39. The molecule has 1 fully saturated rings. The van der Waals surface area contributed by atoms with Crippen LogP contribution >= 0.6 is 0 Å². The van der Waals surface area contributed by atoms with E-state index < -0.39 is 34.1 Å². The number of hydrogen-bond acceptors (Lipinski definition) is 8. The van der Waals surface area contributed by atoms with E-state index in [-0.39, 0.29) is 23.5 Å². The van der Waals surface area contributed by atoms with Gasteiger partial charge in [-0.2, -0.15) is 17.5 Å². The summed E-state index contributed by atoms with van der Waals surface area (Å²) in [5.74, 6) is -3.25. The molecule has 3 N–H and O–H groups in total. The fourth-order valence-corrected chi connectivity index (χ4v) is 6.02. The van der Waals surface area contributed by atoms with Gasteiger partial charge in [-0.3, -0.25) is 15.0 Å². The second-order valence-electron chi connectivity index (χ2n) is 9.21. The van der Waals surface area contributed by atoms with Gasteiger partial charge in [0.05, 0.1) is 18.1 Å². The number of sulfonamides is 1. The number of pyridine rings is 1. The molecule has 41 heavy (non-hydrogen) atoms. The zero-order valence-electron chi connectivity index (χ0n) is 22.6. The van der Waals surface area contributed by atoms with Gasteiger partial charge in [0.1, 0.15) is 11.8 Å². The molecule has 0 saturated heterocycles. The minimum absolute atomic E-state index is 0.0399. The summed E-state index contributed by atoms with van der Waals surface area (Å²) >= 11 is 0. The summed E-state index contributed by atoms with van der Waals surface area (Å²) in [5, 5.41) is 16.7. The maximum absolute atomic E-state index is 13.8. The van der Waals surface area contributed by atoms with E-state index in [1.165, 1.54) is 23.5 Å². The number of ether oxygens (including phenoxy) is 2. The van der Waals surface area contributed by atoms with Crippen molar-refractivity contribution < 1.29 is 51.0 Å². The van der Waals surface area contributed by atoms with Crippen LogP contribution < -0.4 is 10.2 Å². The lowest BCUT2D eigenvalue weighted by Gasteiger charge is -2.38. The molecule has 1 aliphatic carbocycles. The molecule has 0 aliphatic heterocycles. The number of carboxylic acids is 1. The quantitative estimate of drug-likeness (QED) is 0.256. The summed E-state index contributed by atoms with van der Waals surface area (Å²) in [6.45, 7) is 2.69. The highest BCUT2D eigenvalue weighted by atomic mass is 32.2. The van der Waals surface area contributed by atoms with E-state index in [1.54, 1.807) is 42.1 Å². The maximum Gasteiger partial charge on any atom is 0.490 e. The number of aliphatic carboxylic acids is 1.